The smallest absolute Gasteiger partial charge is 0.234 e. The Labute approximate surface area is 158 Å². The maximum Gasteiger partial charge on any atom is 0.234 e. The number of amides is 1. The second kappa shape index (κ2) is 8.43. The number of aryl methyl sites for hydroxylation is 1. The van der Waals surface area contributed by atoms with Gasteiger partial charge in [-0.15, -0.1) is 11.8 Å². The summed E-state index contributed by atoms with van der Waals surface area (Å²) < 4.78 is 1.15. The first-order valence-corrected chi connectivity index (χ1v) is 9.53. The Bertz CT molecular complexity index is 674. The van der Waals surface area contributed by atoms with Crippen LogP contribution in [-0.4, -0.2) is 11.7 Å². The van der Waals surface area contributed by atoms with Crippen molar-refractivity contribution in [2.45, 2.75) is 12.7 Å². The van der Waals surface area contributed by atoms with Gasteiger partial charge >= 0.3 is 0 Å². The zero-order valence-electron chi connectivity index (χ0n) is 11.8. The van der Waals surface area contributed by atoms with Gasteiger partial charge in [-0.1, -0.05) is 29.3 Å². The first-order chi connectivity index (χ1) is 10.5. The van der Waals surface area contributed by atoms with E-state index in [9.17, 15) is 4.79 Å². The SMILES string of the molecule is Cc1cc(I)ccc1NC(=O)CSCc1c(Cl)cccc1Cl. The summed E-state index contributed by atoms with van der Waals surface area (Å²) >= 11 is 16.0. The van der Waals surface area contributed by atoms with E-state index in [2.05, 4.69) is 27.9 Å². The third-order valence-corrected chi connectivity index (χ3v) is 5.34. The molecule has 6 heteroatoms. The summed E-state index contributed by atoms with van der Waals surface area (Å²) in [5.74, 6) is 0.933. The van der Waals surface area contributed by atoms with Gasteiger partial charge in [0.05, 0.1) is 5.75 Å². The maximum absolute atomic E-state index is 12.0. The molecular weight excluding hydrogens is 452 g/mol. The molecule has 2 aromatic rings. The van der Waals surface area contributed by atoms with Gasteiger partial charge in [-0.3, -0.25) is 4.79 Å². The molecule has 0 atom stereocenters. The fourth-order valence-corrected chi connectivity index (χ4v) is 4.08. The minimum atomic E-state index is -0.0301. The van der Waals surface area contributed by atoms with Crippen LogP contribution in [0.5, 0.6) is 0 Å². The highest BCUT2D eigenvalue weighted by atomic mass is 127. The molecule has 0 saturated heterocycles. The highest BCUT2D eigenvalue weighted by molar-refractivity contribution is 14.1. The van der Waals surface area contributed by atoms with Crippen LogP contribution >= 0.6 is 57.6 Å². The van der Waals surface area contributed by atoms with Crippen LogP contribution in [0.25, 0.3) is 0 Å². The standard InChI is InChI=1S/C16H14Cl2INOS/c1-10-7-11(19)5-6-15(10)20-16(21)9-22-8-12-13(17)3-2-4-14(12)18/h2-7H,8-9H2,1H3,(H,20,21). The summed E-state index contributed by atoms with van der Waals surface area (Å²) in [7, 11) is 0. The third-order valence-electron chi connectivity index (χ3n) is 3.00. The number of thioether (sulfide) groups is 1. The maximum atomic E-state index is 12.0. The van der Waals surface area contributed by atoms with Crippen LogP contribution in [0.4, 0.5) is 5.69 Å². The van der Waals surface area contributed by atoms with Crippen LogP contribution in [0.2, 0.25) is 10.0 Å². The van der Waals surface area contributed by atoms with Gasteiger partial charge in [-0.25, -0.2) is 0 Å². The summed E-state index contributed by atoms with van der Waals surface area (Å²) in [5, 5.41) is 4.19. The number of halogens is 3. The van der Waals surface area contributed by atoms with Crippen LogP contribution in [0.1, 0.15) is 11.1 Å². The lowest BCUT2D eigenvalue weighted by atomic mass is 10.2. The van der Waals surface area contributed by atoms with Gasteiger partial charge in [0.2, 0.25) is 5.91 Å². The van der Waals surface area contributed by atoms with Gasteiger partial charge in [-0.05, 0) is 71.0 Å². The molecule has 2 rings (SSSR count). The zero-order valence-corrected chi connectivity index (χ0v) is 16.3. The number of carbonyl (C=O) groups excluding carboxylic acids is 1. The van der Waals surface area contributed by atoms with Crippen LogP contribution in [-0.2, 0) is 10.5 Å². The van der Waals surface area contributed by atoms with Crippen molar-refractivity contribution >= 4 is 69.1 Å². The number of carbonyl (C=O) groups is 1. The van der Waals surface area contributed by atoms with Gasteiger partial charge in [-0.2, -0.15) is 0 Å². The summed E-state index contributed by atoms with van der Waals surface area (Å²) in [6.45, 7) is 1.98. The molecule has 2 aromatic carbocycles. The molecule has 0 radical (unpaired) electrons. The first-order valence-electron chi connectivity index (χ1n) is 6.54. The molecule has 0 saturated carbocycles. The number of rotatable bonds is 5. The molecule has 0 aliphatic rings. The molecule has 0 bridgehead atoms. The van der Waals surface area contributed by atoms with E-state index in [1.165, 1.54) is 11.8 Å². The molecule has 2 nitrogen and oxygen atoms in total. The van der Waals surface area contributed by atoms with E-state index in [0.717, 1.165) is 20.4 Å². The van der Waals surface area contributed by atoms with Gasteiger partial charge in [0, 0.05) is 25.1 Å². The van der Waals surface area contributed by atoms with Crippen molar-refractivity contribution in [1.82, 2.24) is 0 Å². The molecule has 0 aliphatic carbocycles. The summed E-state index contributed by atoms with van der Waals surface area (Å²) in [6.07, 6.45) is 0. The lowest BCUT2D eigenvalue weighted by Gasteiger charge is -2.09. The van der Waals surface area contributed by atoms with Gasteiger partial charge in [0.25, 0.3) is 0 Å². The highest BCUT2D eigenvalue weighted by Gasteiger charge is 2.09. The molecule has 0 aliphatic heterocycles. The Balaban J connectivity index is 1.88. The molecule has 0 fully saturated rings. The zero-order chi connectivity index (χ0) is 16.1. The molecular formula is C16H14Cl2INOS. The normalized spacial score (nSPS) is 10.5. The monoisotopic (exact) mass is 465 g/mol. The average Bonchev–Trinajstić information content (AvgIpc) is 2.45. The Morgan fingerprint density at radius 1 is 1.23 bits per heavy atom. The van der Waals surface area contributed by atoms with Crippen molar-refractivity contribution in [3.05, 3.63) is 61.1 Å². The fourth-order valence-electron chi connectivity index (χ4n) is 1.87. The Hall–Kier alpha value is -0.430. The third kappa shape index (κ3) is 5.05. The van der Waals surface area contributed by atoms with E-state index in [1.54, 1.807) is 12.1 Å². The molecule has 116 valence electrons. The largest absolute Gasteiger partial charge is 0.325 e. The highest BCUT2D eigenvalue weighted by Crippen LogP contribution is 2.28. The van der Waals surface area contributed by atoms with Crippen LogP contribution in [0.15, 0.2) is 36.4 Å². The Morgan fingerprint density at radius 2 is 1.91 bits per heavy atom. The summed E-state index contributed by atoms with van der Waals surface area (Å²) in [6, 6.07) is 11.3. The van der Waals surface area contributed by atoms with E-state index in [-0.39, 0.29) is 5.91 Å². The van der Waals surface area contributed by atoms with Crippen LogP contribution < -0.4 is 5.32 Å². The van der Waals surface area contributed by atoms with Crippen molar-refractivity contribution in [3.8, 4) is 0 Å². The first kappa shape index (κ1) is 17.9. The second-order valence-electron chi connectivity index (χ2n) is 4.70. The number of benzene rings is 2. The predicted molar refractivity (Wildman–Crippen MR) is 105 cm³/mol. The predicted octanol–water partition coefficient (Wildman–Crippen LogP) is 5.78. The summed E-state index contributed by atoms with van der Waals surface area (Å²) in [5.41, 5.74) is 2.77. The van der Waals surface area contributed by atoms with Crippen molar-refractivity contribution in [1.29, 1.82) is 0 Å². The lowest BCUT2D eigenvalue weighted by Crippen LogP contribution is -2.15. The lowest BCUT2D eigenvalue weighted by molar-refractivity contribution is -0.113. The van der Waals surface area contributed by atoms with Crippen molar-refractivity contribution in [2.75, 3.05) is 11.1 Å². The quantitative estimate of drug-likeness (QED) is 0.567. The summed E-state index contributed by atoms with van der Waals surface area (Å²) in [4.78, 5) is 12.0. The topological polar surface area (TPSA) is 29.1 Å². The molecule has 0 spiro atoms. The van der Waals surface area contributed by atoms with Crippen molar-refractivity contribution in [2.24, 2.45) is 0 Å². The van der Waals surface area contributed by atoms with Gasteiger partial charge in [0.15, 0.2) is 0 Å². The Kier molecular flexibility index (Phi) is 6.87. The number of nitrogens with one attached hydrogen (secondary N) is 1. The molecule has 0 unspecified atom stereocenters. The average molecular weight is 466 g/mol. The van der Waals surface area contributed by atoms with Crippen molar-refractivity contribution in [3.63, 3.8) is 0 Å². The van der Waals surface area contributed by atoms with Gasteiger partial charge < -0.3 is 5.32 Å². The number of hydrogen-bond donors (Lipinski definition) is 1. The van der Waals surface area contributed by atoms with E-state index < -0.39 is 0 Å². The fraction of sp³-hybridized carbons (Fsp3) is 0.188. The van der Waals surface area contributed by atoms with Crippen molar-refractivity contribution < 1.29 is 4.79 Å². The van der Waals surface area contributed by atoms with E-state index >= 15 is 0 Å². The number of hydrogen-bond acceptors (Lipinski definition) is 2. The minimum absolute atomic E-state index is 0.0301. The molecule has 22 heavy (non-hydrogen) atoms. The van der Waals surface area contributed by atoms with Crippen LogP contribution in [0.3, 0.4) is 0 Å². The van der Waals surface area contributed by atoms with E-state index in [0.29, 0.717) is 21.6 Å². The van der Waals surface area contributed by atoms with E-state index in [1.807, 2.05) is 31.2 Å². The van der Waals surface area contributed by atoms with Crippen LogP contribution in [0, 0.1) is 10.5 Å². The molecule has 0 heterocycles. The Morgan fingerprint density at radius 3 is 2.55 bits per heavy atom. The van der Waals surface area contributed by atoms with E-state index in [4.69, 9.17) is 23.2 Å². The molecule has 1 N–H and O–H groups in total. The molecule has 1 amide bonds. The molecule has 0 aromatic heterocycles. The number of anilines is 1. The van der Waals surface area contributed by atoms with Gasteiger partial charge in [0.1, 0.15) is 0 Å². The second-order valence-corrected chi connectivity index (χ2v) is 7.75. The minimum Gasteiger partial charge on any atom is -0.325 e.